The lowest BCUT2D eigenvalue weighted by atomic mass is 9.81. The lowest BCUT2D eigenvalue weighted by molar-refractivity contribution is 0.661. The molecule has 0 amide bonds. The minimum atomic E-state index is -0.101. The SMILES string of the molecule is CC1(C)c2ccc(-c3c4ccccc4c(-c4ccc(-c5ccccc5)cc4)c4ccccc34)cc2-c2cc3sc4ccc5ccccc5c4c3cc21. The number of hydrogen-bond donors (Lipinski definition) is 0. The molecule has 0 atom stereocenters. The Morgan fingerprint density at radius 1 is 0.365 bits per heavy atom. The quantitative estimate of drug-likeness (QED) is 0.163. The van der Waals surface area contributed by atoms with Gasteiger partial charge >= 0.3 is 0 Å². The van der Waals surface area contributed by atoms with Crippen molar-refractivity contribution in [3.63, 3.8) is 0 Å². The second-order valence-corrected chi connectivity index (χ2v) is 15.9. The Balaban J connectivity index is 1.12. The van der Waals surface area contributed by atoms with E-state index in [1.165, 1.54) is 108 Å². The first-order chi connectivity index (χ1) is 25.5. The zero-order chi connectivity index (χ0) is 34.6. The van der Waals surface area contributed by atoms with Crippen molar-refractivity contribution in [1.82, 2.24) is 0 Å². The molecule has 0 spiro atoms. The fraction of sp³-hybridized carbons (Fsp3) is 0.0588. The zero-order valence-corrected chi connectivity index (χ0v) is 29.9. The minimum Gasteiger partial charge on any atom is -0.135 e. The highest BCUT2D eigenvalue weighted by Crippen LogP contribution is 2.54. The fourth-order valence-electron chi connectivity index (χ4n) is 9.16. The van der Waals surface area contributed by atoms with E-state index in [-0.39, 0.29) is 5.41 Å². The maximum absolute atomic E-state index is 2.51. The van der Waals surface area contributed by atoms with E-state index in [1.807, 2.05) is 11.3 Å². The molecule has 11 rings (SSSR count). The van der Waals surface area contributed by atoms with Crippen LogP contribution in [0.3, 0.4) is 0 Å². The van der Waals surface area contributed by atoms with Gasteiger partial charge in [-0.2, -0.15) is 0 Å². The van der Waals surface area contributed by atoms with E-state index in [2.05, 4.69) is 184 Å². The van der Waals surface area contributed by atoms with Gasteiger partial charge in [0.15, 0.2) is 0 Å². The largest absolute Gasteiger partial charge is 0.135 e. The first-order valence-electron chi connectivity index (χ1n) is 18.2. The molecule has 0 radical (unpaired) electrons. The van der Waals surface area contributed by atoms with Crippen molar-refractivity contribution in [2.45, 2.75) is 19.3 Å². The van der Waals surface area contributed by atoms with Crippen LogP contribution in [0.1, 0.15) is 25.0 Å². The van der Waals surface area contributed by atoms with Crippen LogP contribution in [0, 0.1) is 0 Å². The topological polar surface area (TPSA) is 0 Å². The van der Waals surface area contributed by atoms with Crippen LogP contribution in [-0.4, -0.2) is 0 Å². The Morgan fingerprint density at radius 3 is 1.60 bits per heavy atom. The van der Waals surface area contributed by atoms with Crippen LogP contribution in [0.15, 0.2) is 170 Å². The van der Waals surface area contributed by atoms with Gasteiger partial charge in [0.05, 0.1) is 0 Å². The lowest BCUT2D eigenvalue weighted by Crippen LogP contribution is -2.14. The Labute approximate surface area is 307 Å². The average Bonchev–Trinajstić information content (AvgIpc) is 3.67. The maximum Gasteiger partial charge on any atom is 0.0362 e. The van der Waals surface area contributed by atoms with Crippen molar-refractivity contribution < 1.29 is 0 Å². The summed E-state index contributed by atoms with van der Waals surface area (Å²) in [7, 11) is 0. The van der Waals surface area contributed by atoms with Crippen LogP contribution < -0.4 is 0 Å². The van der Waals surface area contributed by atoms with Gasteiger partial charge in [-0.25, -0.2) is 0 Å². The molecular formula is C51H34S. The van der Waals surface area contributed by atoms with Gasteiger partial charge in [0.1, 0.15) is 0 Å². The van der Waals surface area contributed by atoms with Crippen molar-refractivity contribution in [2.75, 3.05) is 0 Å². The van der Waals surface area contributed by atoms with Gasteiger partial charge in [0, 0.05) is 25.6 Å². The molecule has 1 aromatic heterocycles. The molecule has 1 aliphatic rings. The monoisotopic (exact) mass is 678 g/mol. The van der Waals surface area contributed by atoms with Gasteiger partial charge in [0.2, 0.25) is 0 Å². The van der Waals surface area contributed by atoms with Crippen LogP contribution in [0.5, 0.6) is 0 Å². The van der Waals surface area contributed by atoms with Crippen LogP contribution in [0.4, 0.5) is 0 Å². The molecule has 0 saturated carbocycles. The summed E-state index contributed by atoms with van der Waals surface area (Å²) in [4.78, 5) is 0. The first kappa shape index (κ1) is 29.7. The highest BCUT2D eigenvalue weighted by atomic mass is 32.1. The maximum atomic E-state index is 2.51. The predicted octanol–water partition coefficient (Wildman–Crippen LogP) is 14.8. The van der Waals surface area contributed by atoms with Crippen molar-refractivity contribution in [3.8, 4) is 44.5 Å². The molecule has 0 nitrogen and oxygen atoms in total. The summed E-state index contributed by atoms with van der Waals surface area (Å²) in [6.07, 6.45) is 0. The third-order valence-electron chi connectivity index (χ3n) is 11.7. The van der Waals surface area contributed by atoms with Gasteiger partial charge in [-0.3, -0.25) is 0 Å². The first-order valence-corrected chi connectivity index (χ1v) is 19.0. The number of thiophene rings is 1. The predicted molar refractivity (Wildman–Crippen MR) is 226 cm³/mol. The van der Waals surface area contributed by atoms with E-state index in [9.17, 15) is 0 Å². The molecule has 1 heterocycles. The normalized spacial score (nSPS) is 13.3. The van der Waals surface area contributed by atoms with Crippen molar-refractivity contribution in [2.24, 2.45) is 0 Å². The molecule has 9 aromatic carbocycles. The molecule has 1 heteroatoms. The molecular weight excluding hydrogens is 645 g/mol. The van der Waals surface area contributed by atoms with E-state index >= 15 is 0 Å². The van der Waals surface area contributed by atoms with Gasteiger partial charge in [-0.15, -0.1) is 11.3 Å². The minimum absolute atomic E-state index is 0.101. The highest BCUT2D eigenvalue weighted by molar-refractivity contribution is 7.26. The fourth-order valence-corrected chi connectivity index (χ4v) is 10.3. The summed E-state index contributed by atoms with van der Waals surface area (Å²) < 4.78 is 2.72. The van der Waals surface area contributed by atoms with Gasteiger partial charge in [0.25, 0.3) is 0 Å². The van der Waals surface area contributed by atoms with Crippen molar-refractivity contribution >= 4 is 63.8 Å². The molecule has 0 bridgehead atoms. The van der Waals surface area contributed by atoms with E-state index in [4.69, 9.17) is 0 Å². The average molecular weight is 679 g/mol. The van der Waals surface area contributed by atoms with Gasteiger partial charge in [-0.05, 0) is 112 Å². The zero-order valence-electron chi connectivity index (χ0n) is 29.1. The lowest BCUT2D eigenvalue weighted by Gasteiger charge is -2.22. The Kier molecular flexibility index (Phi) is 6.27. The molecule has 0 saturated heterocycles. The third kappa shape index (κ3) is 4.21. The Morgan fingerprint density at radius 2 is 0.904 bits per heavy atom. The van der Waals surface area contributed by atoms with E-state index in [0.717, 1.165) is 0 Å². The number of hydrogen-bond acceptors (Lipinski definition) is 1. The second-order valence-electron chi connectivity index (χ2n) is 14.8. The van der Waals surface area contributed by atoms with Crippen LogP contribution in [0.25, 0.3) is 97.0 Å². The molecule has 52 heavy (non-hydrogen) atoms. The highest BCUT2D eigenvalue weighted by Gasteiger charge is 2.36. The summed E-state index contributed by atoms with van der Waals surface area (Å²) in [5, 5.41) is 10.5. The second kappa shape index (κ2) is 11.0. The van der Waals surface area contributed by atoms with Gasteiger partial charge < -0.3 is 0 Å². The summed E-state index contributed by atoms with van der Waals surface area (Å²) in [5.41, 5.74) is 13.0. The number of fused-ring (bicyclic) bond motifs is 10. The molecule has 1 aliphatic carbocycles. The standard InChI is InChI=1S/C51H34S/c1-51(2)44-26-24-35(28-41(44)42-30-47-43(29-45(42)51)50-36-15-7-6-14-33(36)25-27-46(50)52-47)49-39-18-10-8-16-37(39)48(38-17-9-11-19-40(38)49)34-22-20-32(21-23-34)31-12-4-3-5-13-31/h3-30H,1-2H3. The summed E-state index contributed by atoms with van der Waals surface area (Å²) in [6.45, 7) is 4.80. The third-order valence-corrected chi connectivity index (χ3v) is 12.8. The van der Waals surface area contributed by atoms with E-state index < -0.39 is 0 Å². The van der Waals surface area contributed by atoms with Crippen LogP contribution >= 0.6 is 11.3 Å². The molecule has 0 N–H and O–H groups in total. The Hall–Kier alpha value is -6.02. The number of rotatable bonds is 3. The molecule has 10 aromatic rings. The Bertz CT molecular complexity index is 3010. The van der Waals surface area contributed by atoms with E-state index in [1.54, 1.807) is 0 Å². The number of benzene rings is 9. The summed E-state index contributed by atoms with van der Waals surface area (Å²) in [5.74, 6) is 0. The molecule has 0 unspecified atom stereocenters. The summed E-state index contributed by atoms with van der Waals surface area (Å²) >= 11 is 1.92. The van der Waals surface area contributed by atoms with Crippen LogP contribution in [-0.2, 0) is 5.41 Å². The molecule has 0 fully saturated rings. The van der Waals surface area contributed by atoms with Crippen molar-refractivity contribution in [3.05, 3.63) is 181 Å². The van der Waals surface area contributed by atoms with Crippen LogP contribution in [0.2, 0.25) is 0 Å². The molecule has 244 valence electrons. The van der Waals surface area contributed by atoms with Crippen molar-refractivity contribution in [1.29, 1.82) is 0 Å². The van der Waals surface area contributed by atoms with E-state index in [0.29, 0.717) is 0 Å². The summed E-state index contributed by atoms with van der Waals surface area (Å²) in [6, 6.07) is 63.4. The molecule has 0 aliphatic heterocycles. The smallest absolute Gasteiger partial charge is 0.0362 e. The van der Waals surface area contributed by atoms with Gasteiger partial charge in [-0.1, -0.05) is 159 Å².